The first-order valence-corrected chi connectivity index (χ1v) is 10.9. The van der Waals surface area contributed by atoms with Gasteiger partial charge in [0.25, 0.3) is 0 Å². The summed E-state index contributed by atoms with van der Waals surface area (Å²) in [4.78, 5) is 3.36. The number of aliphatic imine (C=N–C) groups is 1. The van der Waals surface area contributed by atoms with Crippen molar-refractivity contribution in [1.29, 1.82) is 0 Å². The van der Waals surface area contributed by atoms with Crippen molar-refractivity contribution in [1.82, 2.24) is 0 Å². The highest BCUT2D eigenvalue weighted by Crippen LogP contribution is 2.23. The lowest BCUT2D eigenvalue weighted by atomic mass is 10.0. The van der Waals surface area contributed by atoms with Crippen LogP contribution in [-0.4, -0.2) is 5.16 Å². The molecule has 0 aliphatic rings. The van der Waals surface area contributed by atoms with Crippen LogP contribution in [0.2, 0.25) is 0 Å². The largest absolute Gasteiger partial charge is 0.206 e. The van der Waals surface area contributed by atoms with E-state index in [9.17, 15) is 17.6 Å². The van der Waals surface area contributed by atoms with Crippen molar-refractivity contribution in [3.63, 3.8) is 0 Å². The van der Waals surface area contributed by atoms with Gasteiger partial charge in [-0.15, -0.1) is 0 Å². The van der Waals surface area contributed by atoms with Crippen LogP contribution in [0.15, 0.2) is 47.5 Å². The van der Waals surface area contributed by atoms with Gasteiger partial charge in [-0.3, -0.25) is 0 Å². The average molecular weight is 478 g/mol. The predicted octanol–water partition coefficient (Wildman–Crippen LogP) is 7.43. The Bertz CT molecular complexity index is 1370. The van der Waals surface area contributed by atoms with Gasteiger partial charge >= 0.3 is 0 Å². The van der Waals surface area contributed by atoms with Crippen LogP contribution in [0.1, 0.15) is 53.1 Å². The summed E-state index contributed by atoms with van der Waals surface area (Å²) in [5, 5.41) is 1.93. The zero-order valence-corrected chi connectivity index (χ0v) is 19.3. The first kappa shape index (κ1) is 24.9. The maximum absolute atomic E-state index is 14.3. The van der Waals surface area contributed by atoms with E-state index in [0.29, 0.717) is 23.1 Å². The minimum absolute atomic E-state index is 0.134. The third-order valence-corrected chi connectivity index (χ3v) is 5.09. The van der Waals surface area contributed by atoms with Gasteiger partial charge in [0.05, 0.1) is 10.7 Å². The summed E-state index contributed by atoms with van der Waals surface area (Å²) in [7, 11) is 0. The van der Waals surface area contributed by atoms with E-state index in [0.717, 1.165) is 30.5 Å². The molecule has 34 heavy (non-hydrogen) atoms. The first-order chi connectivity index (χ1) is 16.3. The Morgan fingerprint density at radius 3 is 2.03 bits per heavy atom. The molecule has 0 unspecified atom stereocenters. The molecule has 0 bridgehead atoms. The summed E-state index contributed by atoms with van der Waals surface area (Å²) >= 11 is 4.38. The molecule has 1 nitrogen and oxygen atoms in total. The predicted molar refractivity (Wildman–Crippen MR) is 129 cm³/mol. The first-order valence-electron chi connectivity index (χ1n) is 10.5. The van der Waals surface area contributed by atoms with E-state index < -0.39 is 29.0 Å². The normalized spacial score (nSPS) is 9.94. The summed E-state index contributed by atoms with van der Waals surface area (Å²) in [5.74, 6) is 7.78. The average Bonchev–Trinajstić information content (AvgIpc) is 2.79. The minimum atomic E-state index is -0.887. The summed E-state index contributed by atoms with van der Waals surface area (Å²) in [6.07, 6.45) is 2.41. The van der Waals surface area contributed by atoms with Gasteiger partial charge in [0.15, 0.2) is 11.6 Å². The van der Waals surface area contributed by atoms with Crippen LogP contribution in [0.5, 0.6) is 0 Å². The number of isothiocyanates is 1. The van der Waals surface area contributed by atoms with E-state index in [1.165, 1.54) is 12.1 Å². The van der Waals surface area contributed by atoms with Gasteiger partial charge in [-0.2, -0.15) is 4.99 Å². The number of nitrogens with zero attached hydrogens (tertiary/aromatic N) is 1. The van der Waals surface area contributed by atoms with Crippen molar-refractivity contribution >= 4 is 23.1 Å². The van der Waals surface area contributed by atoms with Crippen LogP contribution in [0.4, 0.5) is 23.2 Å². The van der Waals surface area contributed by atoms with Crippen molar-refractivity contribution in [3.05, 3.63) is 99.1 Å². The van der Waals surface area contributed by atoms with Crippen LogP contribution in [-0.2, 0) is 6.42 Å². The molecule has 0 heterocycles. The molecule has 170 valence electrons. The topological polar surface area (TPSA) is 12.4 Å². The summed E-state index contributed by atoms with van der Waals surface area (Å²) in [6, 6.07) is 9.85. The number of hydrogen-bond acceptors (Lipinski definition) is 2. The fourth-order valence-electron chi connectivity index (χ4n) is 3.22. The lowest BCUT2D eigenvalue weighted by molar-refractivity contribution is 0.572. The summed E-state index contributed by atoms with van der Waals surface area (Å²) in [5.41, 5.74) is 1.88. The zero-order valence-electron chi connectivity index (χ0n) is 18.5. The number of benzene rings is 3. The Morgan fingerprint density at radius 1 is 0.794 bits per heavy atom. The number of hydrogen-bond donors (Lipinski definition) is 0. The van der Waals surface area contributed by atoms with Crippen LogP contribution < -0.4 is 0 Å². The zero-order chi connectivity index (χ0) is 24.7. The van der Waals surface area contributed by atoms with Gasteiger partial charge in [0.1, 0.15) is 17.3 Å². The highest BCUT2D eigenvalue weighted by Gasteiger charge is 2.10. The van der Waals surface area contributed by atoms with Crippen LogP contribution in [0.3, 0.4) is 0 Å². The number of rotatable bonds is 4. The monoisotopic (exact) mass is 477 g/mol. The molecule has 0 N–H and O–H groups in total. The Labute approximate surface area is 201 Å². The molecular formula is C28H19F4NS. The van der Waals surface area contributed by atoms with Crippen molar-refractivity contribution < 1.29 is 17.6 Å². The fourth-order valence-corrected chi connectivity index (χ4v) is 3.31. The Hall–Kier alpha value is -3.70. The fraction of sp³-hybridized carbons (Fsp3) is 0.179. The van der Waals surface area contributed by atoms with Crippen molar-refractivity contribution in [2.75, 3.05) is 0 Å². The molecule has 0 amide bonds. The third kappa shape index (κ3) is 6.21. The van der Waals surface area contributed by atoms with E-state index >= 15 is 0 Å². The molecule has 3 aromatic carbocycles. The van der Waals surface area contributed by atoms with Gasteiger partial charge in [0, 0.05) is 16.7 Å². The Kier molecular flexibility index (Phi) is 8.39. The van der Waals surface area contributed by atoms with Crippen LogP contribution >= 0.6 is 12.2 Å². The lowest BCUT2D eigenvalue weighted by Crippen LogP contribution is -1.95. The molecule has 0 fully saturated rings. The van der Waals surface area contributed by atoms with Gasteiger partial charge in [-0.1, -0.05) is 37.0 Å². The molecule has 0 saturated carbocycles. The van der Waals surface area contributed by atoms with Gasteiger partial charge in [-0.05, 0) is 85.6 Å². The molecular weight excluding hydrogens is 458 g/mol. The molecule has 0 saturated heterocycles. The highest BCUT2D eigenvalue weighted by molar-refractivity contribution is 7.78. The Morgan fingerprint density at radius 2 is 1.44 bits per heavy atom. The van der Waals surface area contributed by atoms with Crippen molar-refractivity contribution in [3.8, 4) is 23.7 Å². The second-order valence-corrected chi connectivity index (χ2v) is 7.74. The Balaban J connectivity index is 1.84. The van der Waals surface area contributed by atoms with Gasteiger partial charge < -0.3 is 0 Å². The molecule has 3 rings (SSSR count). The molecule has 0 aliphatic heterocycles. The number of aryl methyl sites for hydroxylation is 2. The standard InChI is InChI=1S/C28H19F4NS/c1-3-4-5-20-13-24(29)23(25(30)14-20)11-8-19-6-9-22(18(2)12-19)10-7-21-15-26(31)28(33-17-34)27(32)16-21/h6,9,12-16H,3-5H2,1-2H3. The highest BCUT2D eigenvalue weighted by atomic mass is 32.1. The van der Waals surface area contributed by atoms with E-state index in [1.807, 2.05) is 12.1 Å². The van der Waals surface area contributed by atoms with Gasteiger partial charge in [-0.25, -0.2) is 17.6 Å². The van der Waals surface area contributed by atoms with Crippen molar-refractivity contribution in [2.45, 2.75) is 33.1 Å². The smallest absolute Gasteiger partial charge is 0.153 e. The van der Waals surface area contributed by atoms with Crippen LogP contribution in [0, 0.1) is 53.9 Å². The molecule has 0 aliphatic carbocycles. The third-order valence-electron chi connectivity index (χ3n) is 4.99. The SMILES string of the molecule is CCCCc1cc(F)c(C#Cc2ccc(C#Cc3cc(F)c(N=C=S)c(F)c3)c(C)c2)c(F)c1. The minimum Gasteiger partial charge on any atom is -0.206 e. The lowest BCUT2D eigenvalue weighted by Gasteiger charge is -2.03. The van der Waals surface area contributed by atoms with Crippen molar-refractivity contribution in [2.24, 2.45) is 4.99 Å². The number of thiocarbonyl (C=S) groups is 1. The molecule has 0 atom stereocenters. The molecule has 0 radical (unpaired) electrons. The molecule has 0 aromatic heterocycles. The molecule has 0 spiro atoms. The van der Waals surface area contributed by atoms with Crippen LogP contribution in [0.25, 0.3) is 0 Å². The van der Waals surface area contributed by atoms with E-state index in [1.54, 1.807) is 25.1 Å². The summed E-state index contributed by atoms with van der Waals surface area (Å²) in [6.45, 7) is 3.80. The van der Waals surface area contributed by atoms with Gasteiger partial charge in [0.2, 0.25) is 0 Å². The quantitative estimate of drug-likeness (QED) is 0.165. The number of unbranched alkanes of at least 4 members (excludes halogenated alkanes) is 1. The number of halogens is 4. The van der Waals surface area contributed by atoms with E-state index in [2.05, 4.69) is 40.9 Å². The second-order valence-electron chi connectivity index (χ2n) is 7.56. The molecule has 6 heteroatoms. The second kappa shape index (κ2) is 11.4. The van der Waals surface area contributed by atoms with E-state index in [4.69, 9.17) is 0 Å². The molecule has 3 aromatic rings. The maximum atomic E-state index is 14.3. The maximum Gasteiger partial charge on any atom is 0.153 e. The summed E-state index contributed by atoms with van der Waals surface area (Å²) < 4.78 is 56.6. The van der Waals surface area contributed by atoms with E-state index in [-0.39, 0.29) is 11.1 Å².